The Balaban J connectivity index is 2.14. The van der Waals surface area contributed by atoms with Gasteiger partial charge >= 0.3 is 0 Å². The highest BCUT2D eigenvalue weighted by Crippen LogP contribution is 2.23. The van der Waals surface area contributed by atoms with Crippen molar-refractivity contribution in [1.82, 2.24) is 20.1 Å². The Kier molecular flexibility index (Phi) is 3.98. The van der Waals surface area contributed by atoms with E-state index in [4.69, 9.17) is 4.42 Å². The zero-order valence-electron chi connectivity index (χ0n) is 11.1. The van der Waals surface area contributed by atoms with Gasteiger partial charge in [-0.15, -0.1) is 0 Å². The molecule has 1 unspecified atom stereocenters. The number of rotatable bonds is 4. The molecule has 1 aromatic rings. The summed E-state index contributed by atoms with van der Waals surface area (Å²) in [4.78, 5) is 20.5. The minimum atomic E-state index is -0.410. The van der Waals surface area contributed by atoms with E-state index in [1.54, 1.807) is 7.05 Å². The van der Waals surface area contributed by atoms with E-state index < -0.39 is 6.04 Å². The number of likely N-dealkylation sites (N-methyl/N-ethyl adjacent to an activating group) is 2. The number of carbonyl (C=O) groups is 1. The van der Waals surface area contributed by atoms with Crippen LogP contribution in [0.1, 0.15) is 17.5 Å². The lowest BCUT2D eigenvalue weighted by Crippen LogP contribution is -2.42. The number of oxazole rings is 1. The molecule has 2 heterocycles. The first kappa shape index (κ1) is 13.0. The summed E-state index contributed by atoms with van der Waals surface area (Å²) in [6.07, 6.45) is 2.17. The van der Waals surface area contributed by atoms with Crippen LogP contribution >= 0.6 is 0 Å². The number of carbonyl (C=O) groups excluding carboxylic acids is 1. The Labute approximate surface area is 107 Å². The number of fused-ring (bicyclic) bond motifs is 1. The van der Waals surface area contributed by atoms with Crippen molar-refractivity contribution < 1.29 is 9.21 Å². The second-order valence-corrected chi connectivity index (χ2v) is 4.76. The first-order chi connectivity index (χ1) is 8.63. The van der Waals surface area contributed by atoms with E-state index in [-0.39, 0.29) is 5.91 Å². The van der Waals surface area contributed by atoms with Crippen LogP contribution in [-0.2, 0) is 11.2 Å². The summed E-state index contributed by atoms with van der Waals surface area (Å²) in [5, 5.41) is 3.02. The molecule has 0 spiro atoms. The van der Waals surface area contributed by atoms with Gasteiger partial charge < -0.3 is 19.5 Å². The zero-order chi connectivity index (χ0) is 13.1. The number of hydrogen-bond acceptors (Lipinski definition) is 5. The van der Waals surface area contributed by atoms with Gasteiger partial charge in [-0.05, 0) is 21.1 Å². The molecule has 100 valence electrons. The van der Waals surface area contributed by atoms with Crippen LogP contribution in [0.4, 0.5) is 0 Å². The third kappa shape index (κ3) is 2.54. The van der Waals surface area contributed by atoms with Gasteiger partial charge in [-0.2, -0.15) is 0 Å². The molecule has 6 nitrogen and oxygen atoms in total. The number of amides is 1. The van der Waals surface area contributed by atoms with E-state index in [0.717, 1.165) is 25.2 Å². The van der Waals surface area contributed by atoms with Gasteiger partial charge in [0.2, 0.25) is 5.91 Å². The number of nitrogens with one attached hydrogen (secondary N) is 1. The minimum Gasteiger partial charge on any atom is -0.446 e. The van der Waals surface area contributed by atoms with Gasteiger partial charge in [0, 0.05) is 26.1 Å². The topological polar surface area (TPSA) is 61.6 Å². The van der Waals surface area contributed by atoms with Crippen molar-refractivity contribution in [2.45, 2.75) is 12.5 Å². The first-order valence-electron chi connectivity index (χ1n) is 6.16. The Morgan fingerprint density at radius 2 is 2.39 bits per heavy atom. The molecule has 1 amide bonds. The Morgan fingerprint density at radius 1 is 1.61 bits per heavy atom. The molecular formula is C12H20N4O2. The maximum absolute atomic E-state index is 12.4. The quantitative estimate of drug-likeness (QED) is 0.809. The maximum Gasteiger partial charge on any atom is 0.247 e. The van der Waals surface area contributed by atoms with E-state index in [1.165, 1.54) is 6.39 Å². The standard InChI is InChI=1S/C12H20N4O2/c1-13-10-11-9(14-8-18-11)4-5-16(12(10)17)7-6-15(2)3/h8,10,13H,4-7H2,1-3H3. The summed E-state index contributed by atoms with van der Waals surface area (Å²) < 4.78 is 5.35. The molecule has 6 heteroatoms. The number of hydrogen-bond donors (Lipinski definition) is 1. The lowest BCUT2D eigenvalue weighted by atomic mass is 10.1. The van der Waals surface area contributed by atoms with Gasteiger partial charge in [0.25, 0.3) is 0 Å². The van der Waals surface area contributed by atoms with Crippen molar-refractivity contribution >= 4 is 5.91 Å². The third-order valence-corrected chi connectivity index (χ3v) is 3.22. The molecular weight excluding hydrogens is 232 g/mol. The summed E-state index contributed by atoms with van der Waals surface area (Å²) in [6, 6.07) is -0.410. The van der Waals surface area contributed by atoms with Crippen molar-refractivity contribution in [2.24, 2.45) is 0 Å². The molecule has 1 N–H and O–H groups in total. The van der Waals surface area contributed by atoms with Crippen LogP contribution in [-0.4, -0.2) is 61.5 Å². The molecule has 1 aliphatic heterocycles. The average Bonchev–Trinajstić information content (AvgIpc) is 2.73. The maximum atomic E-state index is 12.4. The van der Waals surface area contributed by atoms with E-state index in [2.05, 4.69) is 15.2 Å². The van der Waals surface area contributed by atoms with Crippen molar-refractivity contribution in [2.75, 3.05) is 40.8 Å². The minimum absolute atomic E-state index is 0.0647. The van der Waals surface area contributed by atoms with Crippen molar-refractivity contribution in [3.05, 3.63) is 17.8 Å². The van der Waals surface area contributed by atoms with E-state index in [9.17, 15) is 4.79 Å². The molecule has 1 aromatic heterocycles. The predicted molar refractivity (Wildman–Crippen MR) is 67.1 cm³/mol. The Morgan fingerprint density at radius 3 is 3.06 bits per heavy atom. The second kappa shape index (κ2) is 5.49. The zero-order valence-corrected chi connectivity index (χ0v) is 11.1. The van der Waals surface area contributed by atoms with E-state index >= 15 is 0 Å². The molecule has 1 atom stereocenters. The molecule has 1 aliphatic rings. The molecule has 0 bridgehead atoms. The third-order valence-electron chi connectivity index (χ3n) is 3.22. The van der Waals surface area contributed by atoms with Crippen LogP contribution < -0.4 is 5.32 Å². The lowest BCUT2D eigenvalue weighted by Gasteiger charge is -2.25. The summed E-state index contributed by atoms with van der Waals surface area (Å²) >= 11 is 0. The SMILES string of the molecule is CNC1C(=O)N(CCN(C)C)CCc2ncoc21. The average molecular weight is 252 g/mol. The molecule has 0 aromatic carbocycles. The van der Waals surface area contributed by atoms with E-state index in [0.29, 0.717) is 12.3 Å². The second-order valence-electron chi connectivity index (χ2n) is 4.76. The molecule has 0 saturated carbocycles. The molecule has 18 heavy (non-hydrogen) atoms. The van der Waals surface area contributed by atoms with Gasteiger partial charge in [-0.1, -0.05) is 0 Å². The van der Waals surface area contributed by atoms with Crippen molar-refractivity contribution in [3.8, 4) is 0 Å². The summed E-state index contributed by atoms with van der Waals surface area (Å²) in [5.41, 5.74) is 0.884. The molecule has 0 saturated heterocycles. The first-order valence-corrected chi connectivity index (χ1v) is 6.16. The summed E-state index contributed by atoms with van der Waals surface area (Å²) in [6.45, 7) is 2.29. The van der Waals surface area contributed by atoms with Crippen LogP contribution in [0.15, 0.2) is 10.8 Å². The van der Waals surface area contributed by atoms with E-state index in [1.807, 2.05) is 19.0 Å². The fraction of sp³-hybridized carbons (Fsp3) is 0.667. The monoisotopic (exact) mass is 252 g/mol. The normalized spacial score (nSPS) is 20.1. The van der Waals surface area contributed by atoms with Crippen molar-refractivity contribution in [1.29, 1.82) is 0 Å². The lowest BCUT2D eigenvalue weighted by molar-refractivity contribution is -0.133. The predicted octanol–water partition coefficient (Wildman–Crippen LogP) is -0.119. The summed E-state index contributed by atoms with van der Waals surface area (Å²) in [7, 11) is 5.78. The van der Waals surface area contributed by atoms with Gasteiger partial charge in [0.1, 0.15) is 6.04 Å². The number of nitrogens with zero attached hydrogens (tertiary/aromatic N) is 3. The van der Waals surface area contributed by atoms with Crippen LogP contribution in [0.5, 0.6) is 0 Å². The highest BCUT2D eigenvalue weighted by Gasteiger charge is 2.32. The summed E-state index contributed by atoms with van der Waals surface area (Å²) in [5.74, 6) is 0.727. The van der Waals surface area contributed by atoms with Gasteiger partial charge in [0.05, 0.1) is 5.69 Å². The highest BCUT2D eigenvalue weighted by atomic mass is 16.3. The molecule has 0 radical (unpaired) electrons. The van der Waals surface area contributed by atoms with Gasteiger partial charge in [-0.25, -0.2) is 4.98 Å². The van der Waals surface area contributed by atoms with Gasteiger partial charge in [0.15, 0.2) is 12.2 Å². The smallest absolute Gasteiger partial charge is 0.247 e. The van der Waals surface area contributed by atoms with Crippen molar-refractivity contribution in [3.63, 3.8) is 0 Å². The van der Waals surface area contributed by atoms with Crippen LogP contribution in [0.25, 0.3) is 0 Å². The highest BCUT2D eigenvalue weighted by molar-refractivity contribution is 5.83. The fourth-order valence-corrected chi connectivity index (χ4v) is 2.14. The number of aromatic nitrogens is 1. The van der Waals surface area contributed by atoms with Crippen LogP contribution in [0, 0.1) is 0 Å². The molecule has 2 rings (SSSR count). The molecule has 0 fully saturated rings. The largest absolute Gasteiger partial charge is 0.446 e. The van der Waals surface area contributed by atoms with Crippen LogP contribution in [0.3, 0.4) is 0 Å². The Bertz CT molecular complexity index is 416. The fourth-order valence-electron chi connectivity index (χ4n) is 2.14. The van der Waals surface area contributed by atoms with Gasteiger partial charge in [-0.3, -0.25) is 4.79 Å². The molecule has 0 aliphatic carbocycles. The van der Waals surface area contributed by atoms with Crippen LogP contribution in [0.2, 0.25) is 0 Å². The Hall–Kier alpha value is -1.40.